The second-order valence-corrected chi connectivity index (χ2v) is 6.44. The Bertz CT molecular complexity index is 950. The molecule has 1 heterocycles. The molecule has 0 aliphatic heterocycles. The third-order valence-electron chi connectivity index (χ3n) is 4.68. The zero-order chi connectivity index (χ0) is 18.5. The highest BCUT2D eigenvalue weighted by molar-refractivity contribution is 5.80. The molecule has 1 aromatic heterocycles. The van der Waals surface area contributed by atoms with Crippen LogP contribution in [0.5, 0.6) is 0 Å². The van der Waals surface area contributed by atoms with Gasteiger partial charge in [0.2, 0.25) is 5.91 Å². The van der Waals surface area contributed by atoms with Crippen LogP contribution in [0.15, 0.2) is 65.6 Å². The van der Waals surface area contributed by atoms with Crippen LogP contribution < -0.4 is 5.56 Å². The highest BCUT2D eigenvalue weighted by Crippen LogP contribution is 2.13. The molecule has 3 aromatic rings. The van der Waals surface area contributed by atoms with E-state index in [9.17, 15) is 9.59 Å². The van der Waals surface area contributed by atoms with E-state index in [0.29, 0.717) is 17.6 Å². The average molecular weight is 349 g/mol. The summed E-state index contributed by atoms with van der Waals surface area (Å²) in [6.45, 7) is 4.64. The van der Waals surface area contributed by atoms with Crippen LogP contribution in [0, 0.1) is 0 Å². The molecular formula is C21H23N3O2. The van der Waals surface area contributed by atoms with Gasteiger partial charge in [-0.25, -0.2) is 4.98 Å². The van der Waals surface area contributed by atoms with E-state index in [1.165, 1.54) is 10.8 Å². The van der Waals surface area contributed by atoms with E-state index in [4.69, 9.17) is 0 Å². The summed E-state index contributed by atoms with van der Waals surface area (Å²) in [5, 5.41) is 0. The maximum atomic E-state index is 13.1. The quantitative estimate of drug-likeness (QED) is 0.686. The van der Waals surface area contributed by atoms with Gasteiger partial charge in [-0.2, -0.15) is 0 Å². The SMILES string of the molecule is CCC(C)N(Cc1ccccc1)C(=O)Cn1c(=O)cnc2ccccc21. The Morgan fingerprint density at radius 1 is 1.12 bits per heavy atom. The van der Waals surface area contributed by atoms with Crippen LogP contribution in [0.2, 0.25) is 0 Å². The molecule has 1 atom stereocenters. The monoisotopic (exact) mass is 349 g/mol. The topological polar surface area (TPSA) is 55.2 Å². The van der Waals surface area contributed by atoms with E-state index in [1.54, 1.807) is 0 Å². The molecule has 0 N–H and O–H groups in total. The fraction of sp³-hybridized carbons (Fsp3) is 0.286. The summed E-state index contributed by atoms with van der Waals surface area (Å²) in [7, 11) is 0. The molecule has 0 aliphatic rings. The lowest BCUT2D eigenvalue weighted by Gasteiger charge is -2.29. The van der Waals surface area contributed by atoms with E-state index in [0.717, 1.165) is 12.0 Å². The van der Waals surface area contributed by atoms with Crippen LogP contribution in [0.25, 0.3) is 11.0 Å². The van der Waals surface area contributed by atoms with Gasteiger partial charge in [-0.15, -0.1) is 0 Å². The van der Waals surface area contributed by atoms with Gasteiger partial charge in [0.25, 0.3) is 5.56 Å². The molecule has 0 saturated heterocycles. The van der Waals surface area contributed by atoms with E-state index in [-0.39, 0.29) is 24.1 Å². The minimum Gasteiger partial charge on any atom is -0.334 e. The normalized spacial score (nSPS) is 12.1. The van der Waals surface area contributed by atoms with Gasteiger partial charge in [-0.3, -0.25) is 14.2 Å². The van der Waals surface area contributed by atoms with Gasteiger partial charge in [-0.05, 0) is 31.0 Å². The number of fused-ring (bicyclic) bond motifs is 1. The van der Waals surface area contributed by atoms with Crippen molar-refractivity contribution in [3.05, 3.63) is 76.7 Å². The van der Waals surface area contributed by atoms with E-state index in [1.807, 2.05) is 66.4 Å². The number of aromatic nitrogens is 2. The highest BCUT2D eigenvalue weighted by atomic mass is 16.2. The summed E-state index contributed by atoms with van der Waals surface area (Å²) in [5.41, 5.74) is 2.20. The maximum absolute atomic E-state index is 13.1. The van der Waals surface area contributed by atoms with Crippen LogP contribution in [-0.4, -0.2) is 26.4 Å². The van der Waals surface area contributed by atoms with Crippen LogP contribution in [0.3, 0.4) is 0 Å². The number of para-hydroxylation sites is 2. The first-order valence-electron chi connectivity index (χ1n) is 8.88. The lowest BCUT2D eigenvalue weighted by molar-refractivity contribution is -0.134. The number of amides is 1. The van der Waals surface area contributed by atoms with Crippen molar-refractivity contribution in [3.63, 3.8) is 0 Å². The van der Waals surface area contributed by atoms with Crippen molar-refractivity contribution < 1.29 is 4.79 Å². The summed E-state index contributed by atoms with van der Waals surface area (Å²) in [6, 6.07) is 17.4. The van der Waals surface area contributed by atoms with Gasteiger partial charge in [0.15, 0.2) is 0 Å². The minimum atomic E-state index is -0.263. The Labute approximate surface area is 152 Å². The van der Waals surface area contributed by atoms with Crippen molar-refractivity contribution in [3.8, 4) is 0 Å². The molecular weight excluding hydrogens is 326 g/mol. The number of carbonyl (C=O) groups excluding carboxylic acids is 1. The third-order valence-corrected chi connectivity index (χ3v) is 4.68. The lowest BCUT2D eigenvalue weighted by atomic mass is 10.1. The Balaban J connectivity index is 1.91. The molecule has 0 spiro atoms. The largest absolute Gasteiger partial charge is 0.334 e. The van der Waals surface area contributed by atoms with Crippen LogP contribution in [-0.2, 0) is 17.9 Å². The number of nitrogens with zero attached hydrogens (tertiary/aromatic N) is 3. The van der Waals surface area contributed by atoms with E-state index >= 15 is 0 Å². The van der Waals surface area contributed by atoms with Crippen LogP contribution in [0.1, 0.15) is 25.8 Å². The Kier molecular flexibility index (Phi) is 5.46. The summed E-state index contributed by atoms with van der Waals surface area (Å²) >= 11 is 0. The van der Waals surface area contributed by atoms with Gasteiger partial charge < -0.3 is 4.90 Å². The molecule has 5 nitrogen and oxygen atoms in total. The first-order valence-corrected chi connectivity index (χ1v) is 8.88. The smallest absolute Gasteiger partial charge is 0.269 e. The zero-order valence-electron chi connectivity index (χ0n) is 15.1. The van der Waals surface area contributed by atoms with E-state index < -0.39 is 0 Å². The molecule has 3 rings (SSSR count). The second-order valence-electron chi connectivity index (χ2n) is 6.44. The molecule has 1 amide bonds. The van der Waals surface area contributed by atoms with Gasteiger partial charge in [-0.1, -0.05) is 49.4 Å². The van der Waals surface area contributed by atoms with Gasteiger partial charge >= 0.3 is 0 Å². The number of benzene rings is 2. The highest BCUT2D eigenvalue weighted by Gasteiger charge is 2.20. The summed E-state index contributed by atoms with van der Waals surface area (Å²) < 4.78 is 1.50. The Morgan fingerprint density at radius 2 is 1.81 bits per heavy atom. The van der Waals surface area contributed by atoms with Gasteiger partial charge in [0.05, 0.1) is 17.2 Å². The maximum Gasteiger partial charge on any atom is 0.269 e. The Morgan fingerprint density at radius 3 is 2.54 bits per heavy atom. The van der Waals surface area contributed by atoms with Crippen molar-refractivity contribution in [2.75, 3.05) is 0 Å². The first-order chi connectivity index (χ1) is 12.6. The average Bonchev–Trinajstić information content (AvgIpc) is 2.68. The summed E-state index contributed by atoms with van der Waals surface area (Å²) in [6.07, 6.45) is 2.13. The molecule has 0 aliphatic carbocycles. The Hall–Kier alpha value is -2.95. The standard InChI is InChI=1S/C21H23N3O2/c1-3-16(2)23(14-17-9-5-4-6-10-17)21(26)15-24-19-12-8-7-11-18(19)22-13-20(24)25/h4-13,16H,3,14-15H2,1-2H3. The minimum absolute atomic E-state index is 0.0129. The number of carbonyl (C=O) groups is 1. The van der Waals surface area contributed by atoms with Crippen LogP contribution in [0.4, 0.5) is 0 Å². The third kappa shape index (κ3) is 3.82. The number of hydrogen-bond donors (Lipinski definition) is 0. The van der Waals surface area contributed by atoms with Crippen molar-refractivity contribution in [1.82, 2.24) is 14.5 Å². The summed E-state index contributed by atoms with van der Waals surface area (Å²) in [5.74, 6) is -0.0679. The number of rotatable bonds is 6. The van der Waals surface area contributed by atoms with Crippen molar-refractivity contribution in [2.24, 2.45) is 0 Å². The molecule has 0 fully saturated rings. The second kappa shape index (κ2) is 7.95. The molecule has 2 aromatic carbocycles. The molecule has 26 heavy (non-hydrogen) atoms. The van der Waals surface area contributed by atoms with Gasteiger partial charge in [0, 0.05) is 12.6 Å². The predicted molar refractivity (Wildman–Crippen MR) is 103 cm³/mol. The molecule has 5 heteroatoms. The molecule has 1 unspecified atom stereocenters. The van der Waals surface area contributed by atoms with Crippen LogP contribution >= 0.6 is 0 Å². The molecule has 0 saturated carbocycles. The lowest BCUT2D eigenvalue weighted by Crippen LogP contribution is -2.41. The van der Waals surface area contributed by atoms with Crippen molar-refractivity contribution in [2.45, 2.75) is 39.4 Å². The molecule has 134 valence electrons. The van der Waals surface area contributed by atoms with Crippen molar-refractivity contribution >= 4 is 16.9 Å². The number of hydrogen-bond acceptors (Lipinski definition) is 3. The molecule has 0 bridgehead atoms. The first kappa shape index (κ1) is 17.9. The molecule has 0 radical (unpaired) electrons. The summed E-state index contributed by atoms with van der Waals surface area (Å²) in [4.78, 5) is 31.4. The fourth-order valence-corrected chi connectivity index (χ4v) is 2.99. The zero-order valence-corrected chi connectivity index (χ0v) is 15.1. The van der Waals surface area contributed by atoms with E-state index in [2.05, 4.69) is 11.9 Å². The van der Waals surface area contributed by atoms with Gasteiger partial charge in [0.1, 0.15) is 6.54 Å². The van der Waals surface area contributed by atoms with Crippen molar-refractivity contribution in [1.29, 1.82) is 0 Å². The predicted octanol–water partition coefficient (Wildman–Crippen LogP) is 3.22. The fourth-order valence-electron chi connectivity index (χ4n) is 2.99.